The van der Waals surface area contributed by atoms with E-state index in [0.29, 0.717) is 0 Å². The fourth-order valence-electron chi connectivity index (χ4n) is 1.75. The highest BCUT2D eigenvalue weighted by molar-refractivity contribution is 6.38. The van der Waals surface area contributed by atoms with Crippen molar-refractivity contribution in [2.45, 2.75) is 39.3 Å². The van der Waals surface area contributed by atoms with Gasteiger partial charge in [0.05, 0.1) is 0 Å². The monoisotopic (exact) mass is 170 g/mol. The van der Waals surface area contributed by atoms with Gasteiger partial charge in [0.25, 0.3) is 0 Å². The number of hydrogen-bond donors (Lipinski definition) is 0. The minimum Gasteiger partial charge on any atom is -0.103 e. The van der Waals surface area contributed by atoms with Crippen LogP contribution in [0.5, 0.6) is 0 Å². The first-order chi connectivity index (χ1) is 5.09. The Balaban J connectivity index is 3.79. The molecule has 0 radical (unpaired) electrons. The Kier molecular flexibility index (Phi) is 5.57. The molecule has 0 nitrogen and oxygen atoms in total. The third-order valence-electron chi connectivity index (χ3n) is 2.42. The summed E-state index contributed by atoms with van der Waals surface area (Å²) in [4.78, 5) is 0. The largest absolute Gasteiger partial charge is 0.103 e. The minimum atomic E-state index is 0.112. The molecule has 0 bridgehead atoms. The highest BCUT2D eigenvalue weighted by Gasteiger charge is 2.16. The van der Waals surface area contributed by atoms with Crippen LogP contribution >= 0.6 is 0 Å². The maximum absolute atomic E-state index is 3.79. The summed E-state index contributed by atoms with van der Waals surface area (Å²) in [5, 5.41) is 0. The Labute approximate surface area is 73.9 Å². The molecule has 0 amide bonds. The van der Waals surface area contributed by atoms with Gasteiger partial charge in [-0.15, -0.1) is 6.58 Å². The van der Waals surface area contributed by atoms with Crippen molar-refractivity contribution < 1.29 is 0 Å². The van der Waals surface area contributed by atoms with Crippen molar-refractivity contribution in [2.75, 3.05) is 0 Å². The molecule has 0 heterocycles. The second kappa shape index (κ2) is 5.59. The second-order valence-electron chi connectivity index (χ2n) is 4.02. The summed E-state index contributed by atoms with van der Waals surface area (Å²) in [6.45, 7) is 13.2. The molecular weight excluding hydrogens is 148 g/mol. The zero-order valence-electron chi connectivity index (χ0n) is 8.43. The molecular formula is C10H22Si. The van der Waals surface area contributed by atoms with Crippen LogP contribution in [0.1, 0.15) is 27.7 Å². The Morgan fingerprint density at radius 3 is 1.91 bits per heavy atom. The lowest BCUT2D eigenvalue weighted by Crippen LogP contribution is -2.15. The van der Waals surface area contributed by atoms with Gasteiger partial charge in [-0.3, -0.25) is 0 Å². The number of rotatable bonds is 5. The van der Waals surface area contributed by atoms with Gasteiger partial charge in [-0.2, -0.15) is 0 Å². The molecule has 0 fully saturated rings. The smallest absolute Gasteiger partial charge is 0.0279 e. The molecule has 0 atom stereocenters. The van der Waals surface area contributed by atoms with Crippen LogP contribution in [-0.4, -0.2) is 9.52 Å². The van der Waals surface area contributed by atoms with Crippen molar-refractivity contribution in [2.24, 2.45) is 11.8 Å². The predicted octanol–water partition coefficient (Wildman–Crippen LogP) is 2.86. The van der Waals surface area contributed by atoms with Crippen LogP contribution in [0.4, 0.5) is 0 Å². The van der Waals surface area contributed by atoms with Gasteiger partial charge >= 0.3 is 0 Å². The normalized spacial score (nSPS) is 12.6. The SMILES string of the molecule is C=CC[SiH2]C(C(C)C)C(C)C. The summed E-state index contributed by atoms with van der Waals surface area (Å²) < 4.78 is 0. The third kappa shape index (κ3) is 4.41. The van der Waals surface area contributed by atoms with Gasteiger partial charge < -0.3 is 0 Å². The molecule has 0 unspecified atom stereocenters. The Morgan fingerprint density at radius 2 is 1.64 bits per heavy atom. The highest BCUT2D eigenvalue weighted by atomic mass is 28.2. The van der Waals surface area contributed by atoms with E-state index in [1.54, 1.807) is 0 Å². The van der Waals surface area contributed by atoms with Gasteiger partial charge in [0, 0.05) is 9.52 Å². The average Bonchev–Trinajstić information content (AvgIpc) is 1.87. The molecule has 11 heavy (non-hydrogen) atoms. The standard InChI is InChI=1S/C10H22Si/c1-6-7-11-10(8(2)3)9(4)5/h6,8-10H,1,7,11H2,2-5H3. The van der Waals surface area contributed by atoms with E-state index < -0.39 is 0 Å². The van der Waals surface area contributed by atoms with Gasteiger partial charge in [0.2, 0.25) is 0 Å². The molecule has 1 heteroatoms. The Hall–Kier alpha value is -0.0431. The van der Waals surface area contributed by atoms with E-state index in [-0.39, 0.29) is 9.52 Å². The summed E-state index contributed by atoms with van der Waals surface area (Å²) in [7, 11) is 0.112. The van der Waals surface area contributed by atoms with Crippen molar-refractivity contribution in [1.29, 1.82) is 0 Å². The molecule has 0 aliphatic heterocycles. The summed E-state index contributed by atoms with van der Waals surface area (Å²) in [5.41, 5.74) is 1.01. The van der Waals surface area contributed by atoms with Gasteiger partial charge in [0.1, 0.15) is 0 Å². The topological polar surface area (TPSA) is 0 Å². The second-order valence-corrected chi connectivity index (χ2v) is 6.12. The van der Waals surface area contributed by atoms with Gasteiger partial charge in [-0.05, 0) is 23.4 Å². The molecule has 0 N–H and O–H groups in total. The van der Waals surface area contributed by atoms with Crippen molar-refractivity contribution >= 4 is 9.52 Å². The molecule has 0 aromatic heterocycles. The minimum absolute atomic E-state index is 0.112. The lowest BCUT2D eigenvalue weighted by atomic mass is 10.00. The van der Waals surface area contributed by atoms with Crippen molar-refractivity contribution in [3.8, 4) is 0 Å². The van der Waals surface area contributed by atoms with E-state index >= 15 is 0 Å². The van der Waals surface area contributed by atoms with E-state index in [1.165, 1.54) is 6.04 Å². The van der Waals surface area contributed by atoms with Gasteiger partial charge in [0.15, 0.2) is 0 Å². The molecule has 0 rings (SSSR count). The molecule has 0 aromatic rings. The van der Waals surface area contributed by atoms with Crippen molar-refractivity contribution in [3.63, 3.8) is 0 Å². The van der Waals surface area contributed by atoms with Crippen LogP contribution in [0.2, 0.25) is 11.6 Å². The third-order valence-corrected chi connectivity index (χ3v) is 5.71. The Bertz CT molecular complexity index is 97.4. The van der Waals surface area contributed by atoms with Crippen LogP contribution in [0, 0.1) is 11.8 Å². The van der Waals surface area contributed by atoms with E-state index in [1.807, 2.05) is 0 Å². The number of hydrogen-bond acceptors (Lipinski definition) is 0. The predicted molar refractivity (Wildman–Crippen MR) is 57.0 cm³/mol. The highest BCUT2D eigenvalue weighted by Crippen LogP contribution is 2.26. The summed E-state index contributed by atoms with van der Waals surface area (Å²) >= 11 is 0. The fraction of sp³-hybridized carbons (Fsp3) is 0.800. The van der Waals surface area contributed by atoms with Crippen LogP contribution in [0.3, 0.4) is 0 Å². The van der Waals surface area contributed by atoms with Gasteiger partial charge in [-0.25, -0.2) is 0 Å². The zero-order chi connectivity index (χ0) is 8.85. The van der Waals surface area contributed by atoms with Crippen LogP contribution in [0.25, 0.3) is 0 Å². The van der Waals surface area contributed by atoms with Crippen LogP contribution in [0.15, 0.2) is 12.7 Å². The first-order valence-electron chi connectivity index (χ1n) is 4.70. The van der Waals surface area contributed by atoms with E-state index in [0.717, 1.165) is 17.4 Å². The van der Waals surface area contributed by atoms with E-state index in [4.69, 9.17) is 0 Å². The summed E-state index contributed by atoms with van der Waals surface area (Å²) in [6, 6.07) is 1.31. The summed E-state index contributed by atoms with van der Waals surface area (Å²) in [5.74, 6) is 1.75. The maximum atomic E-state index is 3.79. The number of allylic oxidation sites excluding steroid dienone is 1. The van der Waals surface area contributed by atoms with Crippen LogP contribution in [-0.2, 0) is 0 Å². The quantitative estimate of drug-likeness (QED) is 0.440. The van der Waals surface area contributed by atoms with Crippen molar-refractivity contribution in [3.05, 3.63) is 12.7 Å². The van der Waals surface area contributed by atoms with E-state index in [9.17, 15) is 0 Å². The molecule has 0 saturated carbocycles. The van der Waals surface area contributed by atoms with Crippen LogP contribution < -0.4 is 0 Å². The fourth-order valence-corrected chi connectivity index (χ4v) is 3.70. The molecule has 0 aliphatic carbocycles. The Morgan fingerprint density at radius 1 is 1.18 bits per heavy atom. The van der Waals surface area contributed by atoms with Gasteiger partial charge in [-0.1, -0.05) is 33.8 Å². The lowest BCUT2D eigenvalue weighted by molar-refractivity contribution is 0.464. The molecule has 0 spiro atoms. The first-order valence-corrected chi connectivity index (χ1v) is 6.52. The average molecular weight is 170 g/mol. The molecule has 0 aromatic carbocycles. The molecule has 0 aliphatic rings. The maximum Gasteiger partial charge on any atom is 0.0279 e. The van der Waals surface area contributed by atoms with Crippen molar-refractivity contribution in [1.82, 2.24) is 0 Å². The molecule has 66 valence electrons. The first kappa shape index (κ1) is 11.0. The molecule has 0 saturated heterocycles. The summed E-state index contributed by atoms with van der Waals surface area (Å²) in [6.07, 6.45) is 2.09. The van der Waals surface area contributed by atoms with E-state index in [2.05, 4.69) is 40.3 Å². The zero-order valence-corrected chi connectivity index (χ0v) is 9.84. The lowest BCUT2D eigenvalue weighted by Gasteiger charge is -2.23.